The lowest BCUT2D eigenvalue weighted by Gasteiger charge is -2.38. The molecule has 0 saturated carbocycles. The van der Waals surface area contributed by atoms with Gasteiger partial charge in [-0.3, -0.25) is 9.69 Å². The fourth-order valence-corrected chi connectivity index (χ4v) is 4.68. The molecule has 6 nitrogen and oxygen atoms in total. The van der Waals surface area contributed by atoms with Crippen LogP contribution < -0.4 is 0 Å². The van der Waals surface area contributed by atoms with E-state index in [1.54, 1.807) is 0 Å². The minimum atomic E-state index is 0.0970. The molecule has 4 rings (SSSR count). The molecule has 1 saturated heterocycles. The first-order valence-electron chi connectivity index (χ1n) is 11.5. The first-order valence-corrected chi connectivity index (χ1v) is 12.4. The van der Waals surface area contributed by atoms with Gasteiger partial charge in [-0.05, 0) is 35.6 Å². The summed E-state index contributed by atoms with van der Waals surface area (Å²) in [5, 5.41) is 8.70. The summed E-state index contributed by atoms with van der Waals surface area (Å²) in [6.45, 7) is 12.0. The van der Waals surface area contributed by atoms with Gasteiger partial charge in [-0.15, -0.1) is 10.2 Å². The van der Waals surface area contributed by atoms with Gasteiger partial charge in [0.25, 0.3) is 5.22 Å². The van der Waals surface area contributed by atoms with Gasteiger partial charge >= 0.3 is 0 Å². The summed E-state index contributed by atoms with van der Waals surface area (Å²) in [6, 6.07) is 19.1. The van der Waals surface area contributed by atoms with Gasteiger partial charge in [0, 0.05) is 37.8 Å². The molecule has 1 amide bonds. The predicted molar refractivity (Wildman–Crippen MR) is 132 cm³/mol. The van der Waals surface area contributed by atoms with E-state index in [4.69, 9.17) is 4.42 Å². The molecule has 0 aliphatic carbocycles. The van der Waals surface area contributed by atoms with Gasteiger partial charge in [-0.1, -0.05) is 75.0 Å². The summed E-state index contributed by atoms with van der Waals surface area (Å²) in [5.74, 6) is 0.897. The SMILES string of the molecule is CC(c1ccccc1)N1CCN(C(=O)CSc2nnc(-c3ccc(C(C)(C)C)cc3)o2)CC1. The Labute approximate surface area is 200 Å². The molecule has 33 heavy (non-hydrogen) atoms. The molecule has 1 aromatic heterocycles. The first-order chi connectivity index (χ1) is 15.8. The van der Waals surface area contributed by atoms with Gasteiger partial charge in [0.05, 0.1) is 5.75 Å². The Hall–Kier alpha value is -2.64. The molecule has 1 aliphatic heterocycles. The molecule has 2 heterocycles. The fraction of sp³-hybridized carbons (Fsp3) is 0.423. The molecule has 3 aromatic rings. The molecule has 0 bridgehead atoms. The minimum absolute atomic E-state index is 0.0970. The Kier molecular flexibility index (Phi) is 7.20. The van der Waals surface area contributed by atoms with Crippen LogP contribution in [0.2, 0.25) is 0 Å². The maximum Gasteiger partial charge on any atom is 0.277 e. The van der Waals surface area contributed by atoms with Gasteiger partial charge in [0.15, 0.2) is 0 Å². The zero-order chi connectivity index (χ0) is 23.4. The Morgan fingerprint density at radius 3 is 2.30 bits per heavy atom. The lowest BCUT2D eigenvalue weighted by Crippen LogP contribution is -2.49. The lowest BCUT2D eigenvalue weighted by molar-refractivity contribution is -0.130. The maximum absolute atomic E-state index is 12.7. The Morgan fingerprint density at radius 2 is 1.67 bits per heavy atom. The van der Waals surface area contributed by atoms with Gasteiger partial charge in [-0.25, -0.2) is 0 Å². The monoisotopic (exact) mass is 464 g/mol. The normalized spacial score (nSPS) is 16.1. The Balaban J connectivity index is 1.26. The number of carbonyl (C=O) groups is 1. The third kappa shape index (κ3) is 5.84. The number of nitrogens with zero attached hydrogens (tertiary/aromatic N) is 4. The fourth-order valence-electron chi connectivity index (χ4n) is 4.01. The number of piperazine rings is 1. The molecule has 2 aromatic carbocycles. The van der Waals surface area contributed by atoms with Crippen LogP contribution in [0.15, 0.2) is 64.2 Å². The molecule has 1 fully saturated rings. The van der Waals surface area contributed by atoms with Crippen LogP contribution in [0.4, 0.5) is 0 Å². The van der Waals surface area contributed by atoms with E-state index in [1.807, 2.05) is 23.1 Å². The van der Waals surface area contributed by atoms with Crippen molar-refractivity contribution < 1.29 is 9.21 Å². The van der Waals surface area contributed by atoms with Crippen molar-refractivity contribution in [2.45, 2.75) is 44.4 Å². The molecule has 1 unspecified atom stereocenters. The van der Waals surface area contributed by atoms with Crippen molar-refractivity contribution in [1.82, 2.24) is 20.0 Å². The van der Waals surface area contributed by atoms with E-state index in [9.17, 15) is 4.79 Å². The topological polar surface area (TPSA) is 62.5 Å². The van der Waals surface area contributed by atoms with Crippen LogP contribution >= 0.6 is 11.8 Å². The molecule has 0 N–H and O–H groups in total. The standard InChI is InChI=1S/C26H32N4O2S/c1-19(20-8-6-5-7-9-20)29-14-16-30(17-15-29)23(31)18-33-25-28-27-24(32-25)21-10-12-22(13-11-21)26(2,3)4/h5-13,19H,14-18H2,1-4H3. The second kappa shape index (κ2) is 10.1. The maximum atomic E-state index is 12.7. The Bertz CT molecular complexity index is 1050. The number of thioether (sulfide) groups is 1. The minimum Gasteiger partial charge on any atom is -0.411 e. The van der Waals surface area contributed by atoms with Crippen molar-refractivity contribution in [3.63, 3.8) is 0 Å². The van der Waals surface area contributed by atoms with E-state index in [2.05, 4.69) is 79.2 Å². The molecule has 174 valence electrons. The van der Waals surface area contributed by atoms with E-state index in [1.165, 1.54) is 22.9 Å². The van der Waals surface area contributed by atoms with Gasteiger partial charge in [-0.2, -0.15) is 0 Å². The summed E-state index contributed by atoms with van der Waals surface area (Å²) in [7, 11) is 0. The second-order valence-corrected chi connectivity index (χ2v) is 10.4. The van der Waals surface area contributed by atoms with Gasteiger partial charge in [0.2, 0.25) is 11.8 Å². The average molecular weight is 465 g/mol. The van der Waals surface area contributed by atoms with E-state index in [0.717, 1.165) is 31.7 Å². The van der Waals surface area contributed by atoms with E-state index in [0.29, 0.717) is 22.9 Å². The van der Waals surface area contributed by atoms with Crippen LogP contribution in [0.1, 0.15) is 44.9 Å². The van der Waals surface area contributed by atoms with Crippen LogP contribution in [0, 0.1) is 0 Å². The number of aromatic nitrogens is 2. The summed E-state index contributed by atoms with van der Waals surface area (Å²) >= 11 is 1.30. The highest BCUT2D eigenvalue weighted by Gasteiger charge is 2.25. The number of rotatable bonds is 6. The molecular formula is C26H32N4O2S. The smallest absolute Gasteiger partial charge is 0.277 e. The summed E-state index contributed by atoms with van der Waals surface area (Å²) in [5.41, 5.74) is 3.55. The number of hydrogen-bond acceptors (Lipinski definition) is 6. The zero-order valence-corrected chi connectivity index (χ0v) is 20.6. The third-order valence-corrected chi connectivity index (χ3v) is 7.02. The lowest BCUT2D eigenvalue weighted by atomic mass is 9.87. The largest absolute Gasteiger partial charge is 0.411 e. The Morgan fingerprint density at radius 1 is 1.00 bits per heavy atom. The van der Waals surface area contributed by atoms with Crippen LogP contribution in [-0.4, -0.2) is 57.8 Å². The molecule has 7 heteroatoms. The molecule has 1 aliphatic rings. The van der Waals surface area contributed by atoms with Crippen molar-refractivity contribution in [2.24, 2.45) is 0 Å². The van der Waals surface area contributed by atoms with Crippen molar-refractivity contribution in [1.29, 1.82) is 0 Å². The number of carbonyl (C=O) groups excluding carboxylic acids is 1. The second-order valence-electron chi connectivity index (χ2n) is 9.49. The summed E-state index contributed by atoms with van der Waals surface area (Å²) in [4.78, 5) is 17.1. The van der Waals surface area contributed by atoms with Crippen molar-refractivity contribution in [3.8, 4) is 11.5 Å². The number of hydrogen-bond donors (Lipinski definition) is 0. The third-order valence-electron chi connectivity index (χ3n) is 6.22. The molecule has 1 atom stereocenters. The van der Waals surface area contributed by atoms with Crippen molar-refractivity contribution in [3.05, 3.63) is 65.7 Å². The van der Waals surface area contributed by atoms with Crippen molar-refractivity contribution in [2.75, 3.05) is 31.9 Å². The molecule has 0 spiro atoms. The molecular weight excluding hydrogens is 432 g/mol. The van der Waals surface area contributed by atoms with Crippen molar-refractivity contribution >= 4 is 17.7 Å². The zero-order valence-electron chi connectivity index (χ0n) is 19.8. The van der Waals surface area contributed by atoms with Crippen LogP contribution in [0.25, 0.3) is 11.5 Å². The average Bonchev–Trinajstić information content (AvgIpc) is 3.31. The van der Waals surface area contributed by atoms with E-state index < -0.39 is 0 Å². The van der Waals surface area contributed by atoms with Crippen LogP contribution in [0.5, 0.6) is 0 Å². The van der Waals surface area contributed by atoms with Crippen LogP contribution in [-0.2, 0) is 10.2 Å². The van der Waals surface area contributed by atoms with Gasteiger partial charge < -0.3 is 9.32 Å². The molecule has 0 radical (unpaired) electrons. The predicted octanol–water partition coefficient (Wildman–Crippen LogP) is 5.03. The quantitative estimate of drug-likeness (QED) is 0.477. The first kappa shape index (κ1) is 23.5. The van der Waals surface area contributed by atoms with Gasteiger partial charge in [0.1, 0.15) is 0 Å². The summed E-state index contributed by atoms with van der Waals surface area (Å²) < 4.78 is 5.79. The van der Waals surface area contributed by atoms with Crippen LogP contribution in [0.3, 0.4) is 0 Å². The van der Waals surface area contributed by atoms with E-state index in [-0.39, 0.29) is 11.3 Å². The van der Waals surface area contributed by atoms with E-state index >= 15 is 0 Å². The number of benzene rings is 2. The highest BCUT2D eigenvalue weighted by molar-refractivity contribution is 7.99. The highest BCUT2D eigenvalue weighted by atomic mass is 32.2. The number of amides is 1. The highest BCUT2D eigenvalue weighted by Crippen LogP contribution is 2.27. The summed E-state index contributed by atoms with van der Waals surface area (Å²) in [6.07, 6.45) is 0.